The fraction of sp³-hybridized carbons (Fsp3) is 0.500. The van der Waals surface area contributed by atoms with Crippen LogP contribution < -0.4 is 10.0 Å². The lowest BCUT2D eigenvalue weighted by Crippen LogP contribution is -2.47. The van der Waals surface area contributed by atoms with E-state index in [1.807, 2.05) is 0 Å². The Bertz CT molecular complexity index is 629. The monoisotopic (exact) mass is 373 g/mol. The minimum atomic E-state index is -4.61. The zero-order valence-electron chi connectivity index (χ0n) is 10.3. The SMILES string of the molecule is CNc1ncc(Br)cc1S(=O)(=O)NC1(C(F)(F)F)CC1. The van der Waals surface area contributed by atoms with E-state index in [2.05, 4.69) is 26.2 Å². The lowest BCUT2D eigenvalue weighted by atomic mass is 10.3. The second kappa shape index (κ2) is 4.85. The van der Waals surface area contributed by atoms with E-state index in [4.69, 9.17) is 0 Å². The van der Waals surface area contributed by atoms with Crippen LogP contribution >= 0.6 is 15.9 Å². The van der Waals surface area contributed by atoms with Crippen molar-refractivity contribution in [3.63, 3.8) is 0 Å². The molecule has 112 valence electrons. The molecule has 20 heavy (non-hydrogen) atoms. The quantitative estimate of drug-likeness (QED) is 0.848. The molecule has 0 atom stereocenters. The lowest BCUT2D eigenvalue weighted by molar-refractivity contribution is -0.160. The molecule has 1 saturated carbocycles. The Kier molecular flexibility index (Phi) is 3.76. The summed E-state index contributed by atoms with van der Waals surface area (Å²) in [6.07, 6.45) is -3.78. The molecule has 0 spiro atoms. The van der Waals surface area contributed by atoms with Gasteiger partial charge in [0.15, 0.2) is 0 Å². The maximum absolute atomic E-state index is 12.8. The highest BCUT2D eigenvalue weighted by Gasteiger charge is 2.65. The van der Waals surface area contributed by atoms with Gasteiger partial charge in [0.25, 0.3) is 0 Å². The fourth-order valence-corrected chi connectivity index (χ4v) is 3.81. The number of pyridine rings is 1. The highest BCUT2D eigenvalue weighted by atomic mass is 79.9. The number of halogens is 4. The summed E-state index contributed by atoms with van der Waals surface area (Å²) in [5, 5.41) is 2.54. The molecule has 0 bridgehead atoms. The molecule has 0 unspecified atom stereocenters. The number of hydrogen-bond acceptors (Lipinski definition) is 4. The van der Waals surface area contributed by atoms with E-state index in [-0.39, 0.29) is 23.6 Å². The van der Waals surface area contributed by atoms with Crippen molar-refractivity contribution >= 4 is 31.8 Å². The summed E-state index contributed by atoms with van der Waals surface area (Å²) in [4.78, 5) is 3.49. The molecule has 0 saturated heterocycles. The molecule has 2 rings (SSSR count). The van der Waals surface area contributed by atoms with E-state index in [1.165, 1.54) is 19.3 Å². The van der Waals surface area contributed by atoms with Crippen molar-refractivity contribution in [3.05, 3.63) is 16.7 Å². The molecule has 0 amide bonds. The number of alkyl halides is 3. The molecule has 1 fully saturated rings. The van der Waals surface area contributed by atoms with Gasteiger partial charge in [-0.05, 0) is 34.8 Å². The molecule has 1 aliphatic carbocycles. The normalized spacial score (nSPS) is 17.9. The van der Waals surface area contributed by atoms with Crippen LogP contribution in [0.4, 0.5) is 19.0 Å². The highest BCUT2D eigenvalue weighted by Crippen LogP contribution is 2.49. The number of rotatable bonds is 4. The van der Waals surface area contributed by atoms with Gasteiger partial charge in [-0.25, -0.2) is 13.4 Å². The highest BCUT2D eigenvalue weighted by molar-refractivity contribution is 9.10. The van der Waals surface area contributed by atoms with Crippen LogP contribution in [0.5, 0.6) is 0 Å². The Labute approximate surface area is 122 Å². The van der Waals surface area contributed by atoms with Crippen LogP contribution in [0.2, 0.25) is 0 Å². The third-order valence-electron chi connectivity index (χ3n) is 2.97. The summed E-state index contributed by atoms with van der Waals surface area (Å²) in [5.74, 6) is -0.0151. The van der Waals surface area contributed by atoms with Crippen molar-refractivity contribution in [3.8, 4) is 0 Å². The van der Waals surface area contributed by atoms with Gasteiger partial charge in [-0.3, -0.25) is 0 Å². The number of anilines is 1. The maximum atomic E-state index is 12.8. The summed E-state index contributed by atoms with van der Waals surface area (Å²) < 4.78 is 64.9. The molecule has 0 radical (unpaired) electrons. The zero-order chi connectivity index (χ0) is 15.2. The van der Waals surface area contributed by atoms with E-state index in [1.54, 1.807) is 4.72 Å². The van der Waals surface area contributed by atoms with Crippen LogP contribution in [0.15, 0.2) is 21.6 Å². The van der Waals surface area contributed by atoms with Crippen LogP contribution in [0.25, 0.3) is 0 Å². The van der Waals surface area contributed by atoms with Gasteiger partial charge < -0.3 is 5.32 Å². The van der Waals surface area contributed by atoms with Gasteiger partial charge in [0.2, 0.25) is 10.0 Å². The van der Waals surface area contributed by atoms with Gasteiger partial charge in [0, 0.05) is 17.7 Å². The Balaban J connectivity index is 2.40. The standard InChI is InChI=1S/C10H11BrF3N3O2S/c1-15-8-7(4-6(11)5-16-8)20(18,19)17-9(2-3-9)10(12,13)14/h4-5,17H,2-3H2,1H3,(H,15,16). The molecular weight excluding hydrogens is 363 g/mol. The van der Waals surface area contributed by atoms with Crippen molar-refractivity contribution in [2.45, 2.75) is 29.5 Å². The molecule has 1 aromatic rings. The van der Waals surface area contributed by atoms with E-state index < -0.39 is 21.7 Å². The van der Waals surface area contributed by atoms with Crippen molar-refractivity contribution in [2.24, 2.45) is 0 Å². The second-order valence-electron chi connectivity index (χ2n) is 4.44. The average molecular weight is 374 g/mol. The number of aromatic nitrogens is 1. The average Bonchev–Trinajstić information content (AvgIpc) is 3.08. The van der Waals surface area contributed by atoms with Gasteiger partial charge in [0.05, 0.1) is 0 Å². The van der Waals surface area contributed by atoms with Gasteiger partial charge >= 0.3 is 6.18 Å². The van der Waals surface area contributed by atoms with Gasteiger partial charge in [0.1, 0.15) is 16.3 Å². The molecule has 1 aliphatic rings. The lowest BCUT2D eigenvalue weighted by Gasteiger charge is -2.21. The number of sulfonamides is 1. The summed E-state index contributed by atoms with van der Waals surface area (Å²) in [5.41, 5.74) is -2.35. The first kappa shape index (κ1) is 15.5. The molecular formula is C10H11BrF3N3O2S. The topological polar surface area (TPSA) is 71.1 Å². The number of nitrogens with one attached hydrogen (secondary N) is 2. The molecule has 1 heterocycles. The first-order chi connectivity index (χ1) is 9.11. The van der Waals surface area contributed by atoms with Crippen LogP contribution in [0.1, 0.15) is 12.8 Å². The summed E-state index contributed by atoms with van der Waals surface area (Å²) >= 11 is 3.05. The van der Waals surface area contributed by atoms with Crippen LogP contribution in [0, 0.1) is 0 Å². The number of hydrogen-bond donors (Lipinski definition) is 2. The van der Waals surface area contributed by atoms with Crippen molar-refractivity contribution in [1.82, 2.24) is 9.71 Å². The fourth-order valence-electron chi connectivity index (χ4n) is 1.69. The van der Waals surface area contributed by atoms with Gasteiger partial charge in [-0.2, -0.15) is 17.9 Å². The third kappa shape index (κ3) is 2.77. The minimum absolute atomic E-state index is 0.0151. The minimum Gasteiger partial charge on any atom is -0.372 e. The Morgan fingerprint density at radius 2 is 2.00 bits per heavy atom. The molecule has 10 heteroatoms. The molecule has 0 aliphatic heterocycles. The largest absolute Gasteiger partial charge is 0.407 e. The molecule has 2 N–H and O–H groups in total. The van der Waals surface area contributed by atoms with Crippen LogP contribution in [0.3, 0.4) is 0 Å². The Hall–Kier alpha value is -0.870. The third-order valence-corrected chi connectivity index (χ3v) is 4.95. The maximum Gasteiger partial charge on any atom is 0.407 e. The van der Waals surface area contributed by atoms with Crippen LogP contribution in [-0.2, 0) is 10.0 Å². The summed E-state index contributed by atoms with van der Waals surface area (Å²) in [6, 6.07) is 1.20. The summed E-state index contributed by atoms with van der Waals surface area (Å²) in [6.45, 7) is 0. The van der Waals surface area contributed by atoms with Crippen molar-refractivity contribution < 1.29 is 21.6 Å². The smallest absolute Gasteiger partial charge is 0.372 e. The van der Waals surface area contributed by atoms with Crippen molar-refractivity contribution in [1.29, 1.82) is 0 Å². The molecule has 5 nitrogen and oxygen atoms in total. The number of nitrogens with zero attached hydrogens (tertiary/aromatic N) is 1. The predicted molar refractivity (Wildman–Crippen MR) is 69.8 cm³/mol. The first-order valence-electron chi connectivity index (χ1n) is 5.55. The van der Waals surface area contributed by atoms with Gasteiger partial charge in [-0.15, -0.1) is 0 Å². The Morgan fingerprint density at radius 1 is 1.40 bits per heavy atom. The second-order valence-corrected chi connectivity index (χ2v) is 7.00. The first-order valence-corrected chi connectivity index (χ1v) is 7.83. The molecule has 1 aromatic heterocycles. The van der Waals surface area contributed by atoms with E-state index in [9.17, 15) is 21.6 Å². The van der Waals surface area contributed by atoms with E-state index in [0.29, 0.717) is 4.47 Å². The van der Waals surface area contributed by atoms with Gasteiger partial charge in [-0.1, -0.05) is 0 Å². The predicted octanol–water partition coefficient (Wildman–Crippen LogP) is 2.26. The zero-order valence-corrected chi connectivity index (χ0v) is 12.7. The Morgan fingerprint density at radius 3 is 2.45 bits per heavy atom. The summed E-state index contributed by atoms with van der Waals surface area (Å²) in [7, 11) is -2.89. The van der Waals surface area contributed by atoms with Crippen LogP contribution in [-0.4, -0.2) is 32.2 Å². The van der Waals surface area contributed by atoms with Crippen molar-refractivity contribution in [2.75, 3.05) is 12.4 Å². The van der Waals surface area contributed by atoms with E-state index in [0.717, 1.165) is 0 Å². The molecule has 0 aromatic carbocycles. The van der Waals surface area contributed by atoms with E-state index >= 15 is 0 Å².